The average Bonchev–Trinajstić information content (AvgIpc) is 3.05. The van der Waals surface area contributed by atoms with Gasteiger partial charge in [0.05, 0.1) is 31.1 Å². The van der Waals surface area contributed by atoms with Gasteiger partial charge in [0.1, 0.15) is 5.41 Å². The first-order valence-electron chi connectivity index (χ1n) is 11.8. The van der Waals surface area contributed by atoms with Crippen LogP contribution in [0.15, 0.2) is 89.6 Å². The second-order valence-corrected chi connectivity index (χ2v) is 9.00. The molecule has 1 fully saturated rings. The van der Waals surface area contributed by atoms with Gasteiger partial charge in [0.25, 0.3) is 0 Å². The lowest BCUT2D eigenvalue weighted by molar-refractivity contribution is -0.153. The van der Waals surface area contributed by atoms with Crippen molar-refractivity contribution in [3.05, 3.63) is 90.0 Å². The molecule has 0 radical (unpaired) electrons. The largest absolute Gasteiger partial charge is 0.468 e. The molecule has 34 heavy (non-hydrogen) atoms. The van der Waals surface area contributed by atoms with E-state index in [0.29, 0.717) is 25.9 Å². The van der Waals surface area contributed by atoms with Crippen LogP contribution in [0.3, 0.4) is 0 Å². The third-order valence-electron chi connectivity index (χ3n) is 7.06. The number of nitrogens with zero attached hydrogens (tertiary/aromatic N) is 3. The van der Waals surface area contributed by atoms with E-state index in [1.165, 1.54) is 7.11 Å². The summed E-state index contributed by atoms with van der Waals surface area (Å²) in [5.41, 5.74) is 2.86. The Morgan fingerprint density at radius 1 is 1.12 bits per heavy atom. The number of hydrogen-bond acceptors (Lipinski definition) is 5. The predicted molar refractivity (Wildman–Crippen MR) is 132 cm³/mol. The highest BCUT2D eigenvalue weighted by Gasteiger charge is 2.57. The van der Waals surface area contributed by atoms with Crippen LogP contribution in [-0.2, 0) is 20.9 Å². The van der Waals surface area contributed by atoms with Crippen molar-refractivity contribution in [3.8, 4) is 0 Å². The molecular formula is C28H29N3O3. The summed E-state index contributed by atoms with van der Waals surface area (Å²) < 4.78 is 5.41. The number of carbonyl (C=O) groups excluding carboxylic acids is 2. The Morgan fingerprint density at radius 2 is 1.85 bits per heavy atom. The lowest BCUT2D eigenvalue weighted by Crippen LogP contribution is -2.59. The number of methoxy groups -OCH3 is 1. The number of amides is 1. The van der Waals surface area contributed by atoms with Crippen LogP contribution < -0.4 is 5.01 Å². The zero-order valence-electron chi connectivity index (χ0n) is 19.4. The molecule has 2 atom stereocenters. The van der Waals surface area contributed by atoms with Gasteiger partial charge in [-0.25, -0.2) is 0 Å². The number of hydrogen-bond donors (Lipinski definition) is 0. The van der Waals surface area contributed by atoms with Gasteiger partial charge in [0, 0.05) is 12.6 Å². The van der Waals surface area contributed by atoms with Gasteiger partial charge in [-0.05, 0) is 49.0 Å². The summed E-state index contributed by atoms with van der Waals surface area (Å²) in [7, 11) is 1.43. The molecule has 6 nitrogen and oxygen atoms in total. The Balaban J connectivity index is 1.65. The Morgan fingerprint density at radius 3 is 2.59 bits per heavy atom. The van der Waals surface area contributed by atoms with Gasteiger partial charge in [0.2, 0.25) is 5.91 Å². The zero-order chi connectivity index (χ0) is 23.5. The smallest absolute Gasteiger partial charge is 0.320 e. The highest BCUT2D eigenvalue weighted by Crippen LogP contribution is 2.47. The minimum absolute atomic E-state index is 0.0530. The number of allylic oxidation sites excluding steroid dienone is 1. The maximum absolute atomic E-state index is 13.6. The summed E-state index contributed by atoms with van der Waals surface area (Å²) in [6, 6.07) is 19.8. The number of hydrazone groups is 1. The third kappa shape index (κ3) is 3.83. The first kappa shape index (κ1) is 22.1. The van der Waals surface area contributed by atoms with E-state index in [1.54, 1.807) is 6.08 Å². The summed E-state index contributed by atoms with van der Waals surface area (Å²) in [6.07, 6.45) is 8.29. The molecule has 0 N–H and O–H groups in total. The van der Waals surface area contributed by atoms with Crippen LogP contribution in [0.2, 0.25) is 0 Å². The minimum Gasteiger partial charge on any atom is -0.468 e. The van der Waals surface area contributed by atoms with E-state index in [1.807, 2.05) is 64.5 Å². The predicted octanol–water partition coefficient (Wildman–Crippen LogP) is 4.49. The second kappa shape index (κ2) is 9.29. The second-order valence-electron chi connectivity index (χ2n) is 9.00. The Labute approximate surface area is 200 Å². The molecule has 0 saturated carbocycles. The third-order valence-corrected chi connectivity index (χ3v) is 7.06. The quantitative estimate of drug-likeness (QED) is 0.492. The van der Waals surface area contributed by atoms with Crippen molar-refractivity contribution < 1.29 is 14.3 Å². The van der Waals surface area contributed by atoms with E-state index in [0.717, 1.165) is 35.4 Å². The summed E-state index contributed by atoms with van der Waals surface area (Å²) in [6.45, 7) is 1.16. The van der Waals surface area contributed by atoms with E-state index in [-0.39, 0.29) is 17.9 Å². The van der Waals surface area contributed by atoms with E-state index < -0.39 is 5.41 Å². The molecule has 0 unspecified atom stereocenters. The standard InChI is InChI=1S/C28H29N3O3/c1-34-27(33)28-18-8-12-22-16-17-25(32)30(26(22)28)19-9-15-24(28)29-31(23-13-6-3-7-14-23)20-21-10-4-2-5-11-21/h2-7,10-14,16-17,26H,8-9,15,18-20H2,1H3/b29-24+/t26-,28-/m1/s1. The fourth-order valence-corrected chi connectivity index (χ4v) is 5.52. The monoisotopic (exact) mass is 455 g/mol. The molecule has 174 valence electrons. The van der Waals surface area contributed by atoms with Crippen LogP contribution in [0.5, 0.6) is 0 Å². The Bertz CT molecular complexity index is 1160. The summed E-state index contributed by atoms with van der Waals surface area (Å²) in [4.78, 5) is 28.3. The Kier molecular flexibility index (Phi) is 6.05. The maximum Gasteiger partial charge on any atom is 0.320 e. The van der Waals surface area contributed by atoms with Gasteiger partial charge in [-0.1, -0.05) is 60.7 Å². The van der Waals surface area contributed by atoms with E-state index in [2.05, 4.69) is 18.2 Å². The number of anilines is 1. The minimum atomic E-state index is -1.00. The molecule has 6 heteroatoms. The van der Waals surface area contributed by atoms with Crippen molar-refractivity contribution in [2.75, 3.05) is 18.7 Å². The molecule has 2 heterocycles. The summed E-state index contributed by atoms with van der Waals surface area (Å²) in [5, 5.41) is 7.17. The van der Waals surface area contributed by atoms with Crippen LogP contribution in [-0.4, -0.2) is 42.2 Å². The molecule has 1 saturated heterocycles. The van der Waals surface area contributed by atoms with Crippen LogP contribution in [0, 0.1) is 5.41 Å². The normalized spacial score (nSPS) is 24.8. The summed E-state index contributed by atoms with van der Waals surface area (Å²) in [5.74, 6) is -0.368. The van der Waals surface area contributed by atoms with Gasteiger partial charge in [-0.15, -0.1) is 0 Å². The van der Waals surface area contributed by atoms with E-state index in [9.17, 15) is 9.59 Å². The molecule has 0 aromatic heterocycles. The summed E-state index contributed by atoms with van der Waals surface area (Å²) >= 11 is 0. The molecule has 0 spiro atoms. The number of ether oxygens (including phenoxy) is 1. The molecule has 1 amide bonds. The highest BCUT2D eigenvalue weighted by atomic mass is 16.5. The van der Waals surface area contributed by atoms with Crippen LogP contribution in [0.1, 0.15) is 31.2 Å². The fraction of sp³-hybridized carbons (Fsp3) is 0.321. The molecule has 3 aliphatic rings. The molecular weight excluding hydrogens is 426 g/mol. The molecule has 5 rings (SSSR count). The zero-order valence-corrected chi connectivity index (χ0v) is 19.4. The molecule has 1 aliphatic carbocycles. The highest BCUT2D eigenvalue weighted by molar-refractivity contribution is 6.10. The van der Waals surface area contributed by atoms with Crippen molar-refractivity contribution in [2.24, 2.45) is 10.5 Å². The first-order valence-corrected chi connectivity index (χ1v) is 11.8. The number of carbonyl (C=O) groups is 2. The lowest BCUT2D eigenvalue weighted by atomic mass is 9.65. The van der Waals surface area contributed by atoms with Gasteiger partial charge in [0.15, 0.2) is 0 Å². The van der Waals surface area contributed by atoms with Crippen molar-refractivity contribution in [3.63, 3.8) is 0 Å². The fourth-order valence-electron chi connectivity index (χ4n) is 5.52. The van der Waals surface area contributed by atoms with Crippen LogP contribution in [0.4, 0.5) is 5.69 Å². The van der Waals surface area contributed by atoms with Crippen LogP contribution >= 0.6 is 0 Å². The van der Waals surface area contributed by atoms with Crippen molar-refractivity contribution >= 4 is 23.3 Å². The van der Waals surface area contributed by atoms with Gasteiger partial charge in [-0.3, -0.25) is 14.6 Å². The number of benzene rings is 2. The Hall–Kier alpha value is -3.67. The molecule has 2 aromatic rings. The number of rotatable bonds is 5. The molecule has 0 bridgehead atoms. The van der Waals surface area contributed by atoms with Crippen LogP contribution in [0.25, 0.3) is 0 Å². The first-order chi connectivity index (χ1) is 16.6. The SMILES string of the molecule is COC(=O)[C@]12CCC=C3C=CC(=O)N(CCC/C1=N\N(Cc1ccccc1)c1ccccc1)[C@H]32. The maximum atomic E-state index is 13.6. The average molecular weight is 456 g/mol. The molecule has 2 aromatic carbocycles. The van der Waals surface area contributed by atoms with E-state index in [4.69, 9.17) is 9.84 Å². The number of esters is 1. The van der Waals surface area contributed by atoms with Gasteiger partial charge >= 0.3 is 5.97 Å². The van der Waals surface area contributed by atoms with Crippen molar-refractivity contribution in [2.45, 2.75) is 38.3 Å². The van der Waals surface area contributed by atoms with Crippen molar-refractivity contribution in [1.82, 2.24) is 4.90 Å². The van der Waals surface area contributed by atoms with Gasteiger partial charge in [-0.2, -0.15) is 5.10 Å². The van der Waals surface area contributed by atoms with Gasteiger partial charge < -0.3 is 9.64 Å². The number of para-hydroxylation sites is 1. The van der Waals surface area contributed by atoms with E-state index >= 15 is 0 Å². The lowest BCUT2D eigenvalue weighted by Gasteiger charge is -2.47. The molecule has 2 aliphatic heterocycles. The topological polar surface area (TPSA) is 62.2 Å². The van der Waals surface area contributed by atoms with Crippen molar-refractivity contribution in [1.29, 1.82) is 0 Å².